The van der Waals surface area contributed by atoms with E-state index < -0.39 is 0 Å². The zero-order valence-corrected chi connectivity index (χ0v) is 19.6. The lowest BCUT2D eigenvalue weighted by Crippen LogP contribution is -2.22. The molecule has 0 saturated carbocycles. The fraction of sp³-hybridized carbons (Fsp3) is 0.222. The number of nitrogens with one attached hydrogen (secondary N) is 2. The van der Waals surface area contributed by atoms with E-state index in [4.69, 9.17) is 16.3 Å². The van der Waals surface area contributed by atoms with Crippen LogP contribution in [0.25, 0.3) is 0 Å². The summed E-state index contributed by atoms with van der Waals surface area (Å²) in [6.45, 7) is 0.842. The number of rotatable bonds is 12. The van der Waals surface area contributed by atoms with Gasteiger partial charge in [0.25, 0.3) is 0 Å². The summed E-state index contributed by atoms with van der Waals surface area (Å²) >= 11 is 6.18. The smallest absolute Gasteiger partial charge is 0.240 e. The average Bonchev–Trinajstić information content (AvgIpc) is 2.86. The molecule has 0 unspecified atom stereocenters. The van der Waals surface area contributed by atoms with Crippen molar-refractivity contribution in [2.45, 2.75) is 38.8 Å². The third-order valence-electron chi connectivity index (χ3n) is 5.04. The van der Waals surface area contributed by atoms with Crippen LogP contribution in [0.15, 0.2) is 84.0 Å². The monoisotopic (exact) mass is 477 g/mol. The maximum absolute atomic E-state index is 12.1. The molecule has 3 aromatic carbocycles. The van der Waals surface area contributed by atoms with Gasteiger partial charge in [0.1, 0.15) is 12.4 Å². The summed E-state index contributed by atoms with van der Waals surface area (Å²) in [6.07, 6.45) is 3.48. The lowest BCUT2D eigenvalue weighted by molar-refractivity contribution is -0.123. The molecule has 6 nitrogen and oxygen atoms in total. The Bertz CT molecular complexity index is 1100. The van der Waals surface area contributed by atoms with E-state index in [1.807, 2.05) is 78.9 Å². The predicted molar refractivity (Wildman–Crippen MR) is 135 cm³/mol. The topological polar surface area (TPSA) is 79.8 Å². The van der Waals surface area contributed by atoms with E-state index in [0.29, 0.717) is 49.6 Å². The molecule has 176 valence electrons. The highest BCUT2D eigenvalue weighted by molar-refractivity contribution is 6.31. The van der Waals surface area contributed by atoms with Crippen molar-refractivity contribution in [2.75, 3.05) is 0 Å². The summed E-state index contributed by atoms with van der Waals surface area (Å²) in [6, 6.07) is 24.7. The molecule has 0 saturated heterocycles. The molecular formula is C27H28ClN3O3. The number of hydrogen-bond donors (Lipinski definition) is 2. The molecule has 0 atom stereocenters. The van der Waals surface area contributed by atoms with E-state index in [1.54, 1.807) is 6.21 Å². The molecule has 0 radical (unpaired) electrons. The fourth-order valence-corrected chi connectivity index (χ4v) is 3.37. The van der Waals surface area contributed by atoms with Crippen molar-refractivity contribution in [3.8, 4) is 5.75 Å². The predicted octanol–water partition coefficient (Wildman–Crippen LogP) is 5.25. The number of carbonyl (C=O) groups is 2. The minimum atomic E-state index is -0.199. The van der Waals surface area contributed by atoms with Crippen LogP contribution >= 0.6 is 11.6 Å². The van der Waals surface area contributed by atoms with Crippen LogP contribution in [0, 0.1) is 0 Å². The van der Waals surface area contributed by atoms with E-state index in [2.05, 4.69) is 15.8 Å². The van der Waals surface area contributed by atoms with Crippen LogP contribution < -0.4 is 15.5 Å². The number of nitrogens with zero attached hydrogens (tertiary/aromatic N) is 1. The van der Waals surface area contributed by atoms with Crippen molar-refractivity contribution in [2.24, 2.45) is 5.10 Å². The van der Waals surface area contributed by atoms with Gasteiger partial charge in [0.15, 0.2) is 0 Å². The van der Waals surface area contributed by atoms with Gasteiger partial charge in [0, 0.05) is 35.5 Å². The van der Waals surface area contributed by atoms with Crippen LogP contribution in [0.5, 0.6) is 5.75 Å². The van der Waals surface area contributed by atoms with E-state index in [-0.39, 0.29) is 11.8 Å². The first-order valence-electron chi connectivity index (χ1n) is 11.2. The number of hydrazone groups is 1. The van der Waals surface area contributed by atoms with Crippen molar-refractivity contribution >= 4 is 29.6 Å². The van der Waals surface area contributed by atoms with Gasteiger partial charge >= 0.3 is 0 Å². The van der Waals surface area contributed by atoms with Gasteiger partial charge in [0.2, 0.25) is 11.8 Å². The molecule has 0 aliphatic carbocycles. The summed E-state index contributed by atoms with van der Waals surface area (Å²) in [4.78, 5) is 24.0. The second-order valence-corrected chi connectivity index (χ2v) is 8.09. The molecule has 34 heavy (non-hydrogen) atoms. The highest BCUT2D eigenvalue weighted by atomic mass is 35.5. The van der Waals surface area contributed by atoms with Gasteiger partial charge in [-0.1, -0.05) is 72.3 Å². The molecule has 7 heteroatoms. The summed E-state index contributed by atoms with van der Waals surface area (Å²) in [5, 5.41) is 7.58. The Morgan fingerprint density at radius 3 is 2.32 bits per heavy atom. The van der Waals surface area contributed by atoms with Gasteiger partial charge in [-0.3, -0.25) is 9.59 Å². The number of amides is 2. The summed E-state index contributed by atoms with van der Waals surface area (Å²) < 4.78 is 5.89. The van der Waals surface area contributed by atoms with Crippen molar-refractivity contribution in [1.29, 1.82) is 0 Å². The van der Waals surface area contributed by atoms with E-state index in [0.717, 1.165) is 16.7 Å². The Hall–Kier alpha value is -3.64. The fourth-order valence-electron chi connectivity index (χ4n) is 3.18. The lowest BCUT2D eigenvalue weighted by Gasteiger charge is -2.10. The van der Waals surface area contributed by atoms with Crippen LogP contribution in [0.3, 0.4) is 0 Å². The average molecular weight is 478 g/mol. The molecule has 3 rings (SSSR count). The standard InChI is InChI=1S/C27H28ClN3O3/c28-24-14-6-4-13-23(24)20-34-25-15-7-5-12-22(25)19-30-31-27(33)17-9-8-16-26(32)29-18-21-10-2-1-3-11-21/h1-7,10-15,19H,8-9,16-18,20H2,(H,29,32)(H,31,33)/b30-19+. The molecule has 0 aromatic heterocycles. The Morgan fingerprint density at radius 2 is 1.53 bits per heavy atom. The Kier molecular flexibility index (Phi) is 10.1. The summed E-state index contributed by atoms with van der Waals surface area (Å²) in [5.41, 5.74) is 5.22. The molecule has 2 N–H and O–H groups in total. The molecule has 0 aliphatic rings. The summed E-state index contributed by atoms with van der Waals surface area (Å²) in [5.74, 6) is 0.424. The van der Waals surface area contributed by atoms with Gasteiger partial charge in [-0.25, -0.2) is 5.43 Å². The highest BCUT2D eigenvalue weighted by Crippen LogP contribution is 2.20. The van der Waals surface area contributed by atoms with Crippen molar-refractivity contribution in [3.05, 3.63) is 101 Å². The SMILES string of the molecule is O=C(CCCCC(=O)N/N=C/c1ccccc1OCc1ccccc1Cl)NCc1ccccc1. The molecule has 0 aliphatic heterocycles. The first-order chi connectivity index (χ1) is 16.6. The third-order valence-corrected chi connectivity index (χ3v) is 5.41. The number of ether oxygens (including phenoxy) is 1. The van der Waals surface area contributed by atoms with Crippen LogP contribution in [0.4, 0.5) is 0 Å². The van der Waals surface area contributed by atoms with E-state index in [9.17, 15) is 9.59 Å². The van der Waals surface area contributed by atoms with Crippen LogP contribution in [0.1, 0.15) is 42.4 Å². The first-order valence-corrected chi connectivity index (χ1v) is 11.6. The molecule has 0 bridgehead atoms. The van der Waals surface area contributed by atoms with Gasteiger partial charge < -0.3 is 10.1 Å². The molecule has 2 amide bonds. The maximum Gasteiger partial charge on any atom is 0.240 e. The normalized spacial score (nSPS) is 10.7. The Balaban J connectivity index is 1.35. The Morgan fingerprint density at radius 1 is 0.853 bits per heavy atom. The van der Waals surface area contributed by atoms with Crippen LogP contribution in [0.2, 0.25) is 5.02 Å². The second-order valence-electron chi connectivity index (χ2n) is 7.68. The molecule has 0 fully saturated rings. The molecule has 0 spiro atoms. The zero-order chi connectivity index (χ0) is 24.0. The second kappa shape index (κ2) is 13.8. The molecule has 0 heterocycles. The number of hydrogen-bond acceptors (Lipinski definition) is 4. The zero-order valence-electron chi connectivity index (χ0n) is 18.9. The van der Waals surface area contributed by atoms with Crippen LogP contribution in [-0.4, -0.2) is 18.0 Å². The quantitative estimate of drug-likeness (QED) is 0.212. The minimum absolute atomic E-state index is 0.0179. The van der Waals surface area contributed by atoms with Crippen molar-refractivity contribution in [3.63, 3.8) is 0 Å². The summed E-state index contributed by atoms with van der Waals surface area (Å²) in [7, 11) is 0. The minimum Gasteiger partial charge on any atom is -0.488 e. The maximum atomic E-state index is 12.1. The van der Waals surface area contributed by atoms with Gasteiger partial charge in [-0.15, -0.1) is 0 Å². The number of benzene rings is 3. The number of halogens is 1. The van der Waals surface area contributed by atoms with Crippen molar-refractivity contribution in [1.82, 2.24) is 10.7 Å². The number of para-hydroxylation sites is 1. The third kappa shape index (κ3) is 8.71. The van der Waals surface area contributed by atoms with Crippen LogP contribution in [-0.2, 0) is 22.7 Å². The van der Waals surface area contributed by atoms with Crippen molar-refractivity contribution < 1.29 is 14.3 Å². The number of unbranched alkanes of at least 4 members (excludes halogenated alkanes) is 1. The van der Waals surface area contributed by atoms with Gasteiger partial charge in [-0.2, -0.15) is 5.10 Å². The molecule has 3 aromatic rings. The molecular weight excluding hydrogens is 450 g/mol. The Labute approximate surface area is 205 Å². The van der Waals surface area contributed by atoms with Gasteiger partial charge in [-0.05, 0) is 36.6 Å². The first kappa shape index (κ1) is 25.0. The van der Waals surface area contributed by atoms with E-state index in [1.165, 1.54) is 0 Å². The van der Waals surface area contributed by atoms with E-state index >= 15 is 0 Å². The largest absolute Gasteiger partial charge is 0.488 e. The number of carbonyl (C=O) groups excluding carboxylic acids is 2. The lowest BCUT2D eigenvalue weighted by atomic mass is 10.1. The van der Waals surface area contributed by atoms with Gasteiger partial charge in [0.05, 0.1) is 6.21 Å². The highest BCUT2D eigenvalue weighted by Gasteiger charge is 2.06.